The van der Waals surface area contributed by atoms with Crippen molar-refractivity contribution in [1.82, 2.24) is 16.0 Å². The van der Waals surface area contributed by atoms with Gasteiger partial charge in [-0.1, -0.05) is 232 Å². The molecule has 3 fully saturated rings. The van der Waals surface area contributed by atoms with E-state index < -0.39 is 216 Å². The molecule has 0 unspecified atom stereocenters. The van der Waals surface area contributed by atoms with Gasteiger partial charge in [-0.05, 0) is 128 Å². The summed E-state index contributed by atoms with van der Waals surface area (Å²) in [5.74, 6) is -8.10. The number of aliphatic hydroxyl groups is 1. The van der Waals surface area contributed by atoms with Crippen LogP contribution < -0.4 is 16.0 Å². The first kappa shape index (κ1) is 95.7. The normalized spacial score (nSPS) is 23.0. The maximum Gasteiger partial charge on any atom is 0.407 e. The molecule has 0 aromatic heterocycles. The van der Waals surface area contributed by atoms with Gasteiger partial charge in [0.1, 0.15) is 87.3 Å². The van der Waals surface area contributed by atoms with Crippen molar-refractivity contribution in [2.24, 2.45) is 5.11 Å². The number of hydrogen-bond donors (Lipinski definition) is 4. The Morgan fingerprint density at radius 3 is 1.18 bits per heavy atom. The number of nitrogens with one attached hydrogen (secondary N) is 3. The van der Waals surface area contributed by atoms with Crippen molar-refractivity contribution < 1.29 is 129 Å². The molecule has 17 atom stereocenters. The number of rotatable bonds is 31. The first-order valence-corrected chi connectivity index (χ1v) is 42.0. The van der Waals surface area contributed by atoms with Crippen LogP contribution in [-0.4, -0.2) is 222 Å². The lowest BCUT2D eigenvalue weighted by Crippen LogP contribution is -2.69. The predicted octanol–water partition coefficient (Wildman–Crippen LogP) is 13.8. The third kappa shape index (κ3) is 26.0. The molecule has 1 aliphatic carbocycles. The van der Waals surface area contributed by atoms with E-state index in [0.29, 0.717) is 0 Å². The van der Waals surface area contributed by atoms with Gasteiger partial charge >= 0.3 is 60.1 Å². The van der Waals surface area contributed by atoms with Crippen LogP contribution in [0.5, 0.6) is 0 Å². The minimum atomic E-state index is -2.41. The van der Waals surface area contributed by atoms with E-state index in [9.17, 15) is 58.6 Å². The van der Waals surface area contributed by atoms with Crippen LogP contribution in [0, 0.1) is 0 Å². The molecule has 8 aromatic rings. The molecular formula is C89H84Cl6N6O27. The minimum absolute atomic E-state index is 0.00609. The molecule has 4 aliphatic rings. The third-order valence-electron chi connectivity index (χ3n) is 20.0. The van der Waals surface area contributed by atoms with Crippen molar-refractivity contribution in [3.8, 4) is 11.1 Å². The van der Waals surface area contributed by atoms with Crippen molar-refractivity contribution in [1.29, 1.82) is 0 Å². The number of carbonyl (C=O) groups excluding carboxylic acids is 10. The van der Waals surface area contributed by atoms with Gasteiger partial charge in [-0.25, -0.2) is 47.9 Å². The number of aliphatic hydroxyl groups excluding tert-OH is 1. The number of alkyl halides is 6. The number of benzene rings is 8. The Kier molecular flexibility index (Phi) is 33.0. The average Bonchev–Trinajstić information content (AvgIpc) is 0.964. The molecule has 4 N–H and O–H groups in total. The summed E-state index contributed by atoms with van der Waals surface area (Å²) < 4.78 is 95.2. The number of fused-ring (bicyclic) bond motifs is 3. The highest BCUT2D eigenvalue weighted by Gasteiger charge is 2.58. The lowest BCUT2D eigenvalue weighted by molar-refractivity contribution is -0.336. The van der Waals surface area contributed by atoms with Crippen LogP contribution in [0.4, 0.5) is 14.4 Å². The number of hydrogen-bond acceptors (Lipinski definition) is 28. The Morgan fingerprint density at radius 1 is 0.430 bits per heavy atom. The average molecular weight is 1880 g/mol. The van der Waals surface area contributed by atoms with Crippen molar-refractivity contribution in [3.63, 3.8) is 0 Å². The molecule has 8 aromatic carbocycles. The molecule has 3 heterocycles. The number of ether oxygens (including phenoxy) is 16. The predicted molar refractivity (Wildman–Crippen MR) is 457 cm³/mol. The van der Waals surface area contributed by atoms with Crippen molar-refractivity contribution in [2.75, 3.05) is 39.6 Å². The van der Waals surface area contributed by atoms with Gasteiger partial charge in [0.15, 0.2) is 49.3 Å². The quantitative estimate of drug-likeness (QED) is 0.00783. The zero-order valence-corrected chi connectivity index (χ0v) is 72.8. The Morgan fingerprint density at radius 2 is 0.789 bits per heavy atom. The van der Waals surface area contributed by atoms with E-state index in [4.69, 9.17) is 145 Å². The number of nitrogens with zero attached hydrogens (tertiary/aromatic N) is 3. The second-order valence-corrected chi connectivity index (χ2v) is 35.2. The molecule has 128 heavy (non-hydrogen) atoms. The fourth-order valence-corrected chi connectivity index (χ4v) is 14.5. The highest BCUT2D eigenvalue weighted by atomic mass is 35.6. The highest BCUT2D eigenvalue weighted by Crippen LogP contribution is 2.45. The van der Waals surface area contributed by atoms with Gasteiger partial charge in [-0.2, -0.15) is 0 Å². The number of halogens is 6. The van der Waals surface area contributed by atoms with Crippen molar-refractivity contribution >= 4 is 130 Å². The van der Waals surface area contributed by atoms with Crippen molar-refractivity contribution in [3.05, 3.63) is 285 Å². The zero-order valence-electron chi connectivity index (χ0n) is 68.2. The van der Waals surface area contributed by atoms with Crippen LogP contribution >= 0.6 is 69.6 Å². The Bertz CT molecular complexity index is 5180. The Hall–Kier alpha value is -11.4. The number of alkyl carbamates (subject to hydrolysis) is 3. The third-order valence-corrected chi connectivity index (χ3v) is 20.7. The van der Waals surface area contributed by atoms with E-state index in [1.54, 1.807) is 48.5 Å². The lowest BCUT2D eigenvalue weighted by atomic mass is 9.94. The smallest absolute Gasteiger partial charge is 0.407 e. The number of amides is 3. The van der Waals surface area contributed by atoms with Crippen LogP contribution in [0.15, 0.2) is 236 Å². The van der Waals surface area contributed by atoms with Crippen LogP contribution in [-0.2, 0) is 80.6 Å². The summed E-state index contributed by atoms with van der Waals surface area (Å²) in [4.78, 5) is 148. The number of azide groups is 1. The molecule has 0 saturated carbocycles. The summed E-state index contributed by atoms with van der Waals surface area (Å²) >= 11 is 36.7. The molecule has 3 saturated heterocycles. The maximum absolute atomic E-state index is 14.9. The van der Waals surface area contributed by atoms with E-state index in [2.05, 4.69) is 26.0 Å². The summed E-state index contributed by atoms with van der Waals surface area (Å²) in [5.41, 5.74) is 12.6. The summed E-state index contributed by atoms with van der Waals surface area (Å²) in [6.07, 6.45) is -31.4. The van der Waals surface area contributed by atoms with E-state index in [-0.39, 0.29) is 40.0 Å². The SMILES string of the molecule is C[C@@H](O[C@H]1O[C@H](CO[C@@H]2O[C@H](COC(=O)c3ccccc3)[C@@H](OC(=O)c3ccccc3)[C@H](OC(=O)c3ccccc3)[C@H]2NC(=O)OCC(Cl)(Cl)Cl)[C@H](O)[C@H](O[C@@H]2O[C@H](COC(=O)c3ccccc3)[C@@H](OC(=O)c3ccccc3)[C@H](OC(=O)c3ccccc3)[C@H]2NC(=O)OCC(Cl)(Cl)Cl)[C@H]1N=[N+]=[N-])[C@H](NC(=O)OCC1c2ccccc2-c2ccccc21)C(=O)OC(C)(C)C. The van der Waals surface area contributed by atoms with Gasteiger partial charge in [0.25, 0.3) is 0 Å². The Balaban J connectivity index is 0.984. The summed E-state index contributed by atoms with van der Waals surface area (Å²) in [6.45, 7) is 0.688. The molecule has 3 aliphatic heterocycles. The molecule has 0 spiro atoms. The van der Waals surface area contributed by atoms with Gasteiger partial charge in [0, 0.05) is 10.8 Å². The fraction of sp³-hybridized carbons (Fsp3) is 0.348. The van der Waals surface area contributed by atoms with Gasteiger partial charge in [-0.15, -0.1) is 0 Å². The molecule has 39 heteroatoms. The van der Waals surface area contributed by atoms with E-state index in [1.165, 1.54) is 161 Å². The zero-order chi connectivity index (χ0) is 91.4. The monoisotopic (exact) mass is 1880 g/mol. The summed E-state index contributed by atoms with van der Waals surface area (Å²) in [7, 11) is 0. The first-order valence-electron chi connectivity index (χ1n) is 39.7. The second-order valence-electron chi connectivity index (χ2n) is 30.2. The minimum Gasteiger partial charge on any atom is -0.459 e. The van der Waals surface area contributed by atoms with E-state index in [1.807, 2.05) is 48.5 Å². The van der Waals surface area contributed by atoms with E-state index >= 15 is 0 Å². The molecule has 3 amide bonds. The maximum atomic E-state index is 14.9. The molecule has 12 rings (SSSR count). The summed E-state index contributed by atoms with van der Waals surface area (Å²) in [6, 6.07) is 51.0. The highest BCUT2D eigenvalue weighted by molar-refractivity contribution is 6.68. The summed E-state index contributed by atoms with van der Waals surface area (Å²) in [5, 5.41) is 25.1. The lowest BCUT2D eigenvalue weighted by Gasteiger charge is -2.49. The van der Waals surface area contributed by atoms with Gasteiger partial charge in [-0.3, -0.25) is 0 Å². The standard InChI is InChI=1S/C89H84Cl6N6O27/c1-49(64(80(109)128-87(2,3)4)97-84(110)116-43-60-58-41-25-23-39-56(58)57-40-24-26-42-59(57)60)119-83-67(100-101-96)71(127-82-66(99-86(112)118-48-89(93,94)95)73(126-79(108)55-37-21-10-22-38-55)70(124-77(106)53-33-17-8-18-34-53)63(122-82)46-114-75(104)51-29-13-6-14-30-51)68(102)61(120-83)44-115-81-65(98-85(111)117-47-88(90,91)92)72(125-78(107)54-35-19-9-20-36-54)69(123-76(105)52-31-15-7-16-32-52)62(121-81)45-113-74(103)50-27-11-5-12-28-50/h5-42,49,60-73,81-83,102H,43-48H2,1-4H3,(H,97,110)(H,98,111)(H,99,112)/t49-,61-,62-,63-,64+,65-,66-,67-,68+,69-,70-,71-,72-,73-,81-,82+,83+/m1/s1. The van der Waals surface area contributed by atoms with Crippen molar-refractivity contribution in [2.45, 2.75) is 151 Å². The molecule has 0 radical (unpaired) electrons. The fourth-order valence-electron chi connectivity index (χ4n) is 14.2. The van der Waals surface area contributed by atoms with Gasteiger partial charge in [0.2, 0.25) is 7.59 Å². The van der Waals surface area contributed by atoms with Crippen LogP contribution in [0.3, 0.4) is 0 Å². The van der Waals surface area contributed by atoms with Crippen LogP contribution in [0.1, 0.15) is 107 Å². The largest absolute Gasteiger partial charge is 0.459 e. The molecule has 0 bridgehead atoms. The van der Waals surface area contributed by atoms with Crippen LogP contribution in [0.2, 0.25) is 0 Å². The Labute approximate surface area is 762 Å². The number of esters is 7. The molecule has 33 nitrogen and oxygen atoms in total. The van der Waals surface area contributed by atoms with E-state index in [0.717, 1.165) is 22.3 Å². The molecule has 674 valence electrons. The first-order chi connectivity index (χ1) is 61.3. The molecular weight excluding hydrogens is 1800 g/mol. The van der Waals surface area contributed by atoms with Gasteiger partial charge in [0.05, 0.1) is 46.1 Å². The van der Waals surface area contributed by atoms with Crippen LogP contribution in [0.25, 0.3) is 21.6 Å². The topological polar surface area (TPSA) is 423 Å². The second kappa shape index (κ2) is 44.1. The number of carbonyl (C=O) groups is 10. The van der Waals surface area contributed by atoms with Gasteiger partial charge < -0.3 is 96.8 Å².